The van der Waals surface area contributed by atoms with Crippen molar-refractivity contribution in [2.24, 2.45) is 0 Å². The second kappa shape index (κ2) is 6.67. The number of amides is 1. The minimum atomic E-state index is -0.235. The van der Waals surface area contributed by atoms with E-state index in [1.807, 2.05) is 37.3 Å². The number of carbonyl (C=O) groups excluding carboxylic acids is 1. The Labute approximate surface area is 139 Å². The molecule has 1 N–H and O–H groups in total. The molecule has 1 amide bonds. The molecule has 5 heteroatoms. The number of hydrogen-bond acceptors (Lipinski definition) is 3. The summed E-state index contributed by atoms with van der Waals surface area (Å²) in [5, 5.41) is 3.37. The molecule has 1 aromatic heterocycles. The number of anilines is 1. The molecule has 4 nitrogen and oxygen atoms in total. The first kappa shape index (κ1) is 15.3. The molecule has 2 heterocycles. The van der Waals surface area contributed by atoms with Gasteiger partial charge in [-0.05, 0) is 54.5 Å². The van der Waals surface area contributed by atoms with E-state index >= 15 is 0 Å². The minimum Gasteiger partial charge on any atom is -0.488 e. The zero-order chi connectivity index (χ0) is 16.2. The van der Waals surface area contributed by atoms with E-state index in [-0.39, 0.29) is 5.91 Å². The average Bonchev–Trinajstić information content (AvgIpc) is 2.52. The first-order chi connectivity index (χ1) is 11.1. The predicted octanol–water partition coefficient (Wildman–Crippen LogP) is 4.01. The lowest BCUT2D eigenvalue weighted by atomic mass is 10.1. The number of fused-ring (bicyclic) bond motifs is 1. The van der Waals surface area contributed by atoms with Crippen LogP contribution in [0, 0.1) is 6.92 Å². The van der Waals surface area contributed by atoms with Crippen LogP contribution in [0.5, 0.6) is 5.75 Å². The molecule has 0 atom stereocenters. The molecular weight excluding hydrogens is 312 g/mol. The monoisotopic (exact) mass is 326 g/mol. The lowest BCUT2D eigenvalue weighted by Crippen LogP contribution is -2.10. The predicted molar refractivity (Wildman–Crippen MR) is 91.7 cm³/mol. The van der Waals surface area contributed by atoms with E-state index in [4.69, 9.17) is 16.3 Å². The fourth-order valence-electron chi connectivity index (χ4n) is 2.22. The number of nitrogens with zero attached hydrogens (tertiary/aromatic N) is 1. The minimum absolute atomic E-state index is 0.235. The molecule has 0 fully saturated rings. The van der Waals surface area contributed by atoms with E-state index in [9.17, 15) is 4.79 Å². The van der Waals surface area contributed by atoms with Crippen LogP contribution in [0.15, 0.2) is 54.3 Å². The lowest BCUT2D eigenvalue weighted by Gasteiger charge is -2.16. The molecule has 0 aliphatic carbocycles. The van der Waals surface area contributed by atoms with Gasteiger partial charge in [0, 0.05) is 22.9 Å². The van der Waals surface area contributed by atoms with Gasteiger partial charge in [-0.25, -0.2) is 4.98 Å². The second-order valence-corrected chi connectivity index (χ2v) is 5.67. The molecule has 1 aromatic carbocycles. The molecule has 1 aliphatic rings. The Hall–Kier alpha value is -2.59. The molecule has 116 valence electrons. The molecule has 0 saturated carbocycles. The Morgan fingerprint density at radius 1 is 1.35 bits per heavy atom. The van der Waals surface area contributed by atoms with Crippen LogP contribution in [0.1, 0.15) is 11.1 Å². The number of carbonyl (C=O) groups is 1. The van der Waals surface area contributed by atoms with Crippen LogP contribution in [0.3, 0.4) is 0 Å². The van der Waals surface area contributed by atoms with Crippen molar-refractivity contribution in [3.63, 3.8) is 0 Å². The Morgan fingerprint density at radius 3 is 3.04 bits per heavy atom. The molecule has 0 spiro atoms. The Kier molecular flexibility index (Phi) is 4.44. The third-order valence-corrected chi connectivity index (χ3v) is 3.56. The number of halogens is 1. The fourth-order valence-corrected chi connectivity index (χ4v) is 2.40. The molecule has 3 rings (SSSR count). The van der Waals surface area contributed by atoms with Crippen molar-refractivity contribution in [2.45, 2.75) is 6.92 Å². The van der Waals surface area contributed by atoms with Crippen LogP contribution < -0.4 is 10.1 Å². The van der Waals surface area contributed by atoms with Gasteiger partial charge in [-0.15, -0.1) is 0 Å². The maximum atomic E-state index is 11.9. The van der Waals surface area contributed by atoms with Gasteiger partial charge in [0.1, 0.15) is 18.2 Å². The van der Waals surface area contributed by atoms with Crippen molar-refractivity contribution < 1.29 is 9.53 Å². The summed E-state index contributed by atoms with van der Waals surface area (Å²) in [6.45, 7) is 2.36. The van der Waals surface area contributed by atoms with Crippen LogP contribution in [0.4, 0.5) is 5.82 Å². The average molecular weight is 327 g/mol. The van der Waals surface area contributed by atoms with Crippen molar-refractivity contribution in [3.05, 3.63) is 70.4 Å². The molecule has 0 saturated heterocycles. The van der Waals surface area contributed by atoms with Gasteiger partial charge in [-0.3, -0.25) is 4.79 Å². The smallest absolute Gasteiger partial charge is 0.249 e. The number of pyridine rings is 1. The third kappa shape index (κ3) is 3.99. The number of rotatable bonds is 3. The van der Waals surface area contributed by atoms with E-state index in [2.05, 4.69) is 10.3 Å². The van der Waals surface area contributed by atoms with Crippen LogP contribution in [0.2, 0.25) is 5.02 Å². The van der Waals surface area contributed by atoms with Gasteiger partial charge in [-0.1, -0.05) is 17.7 Å². The SMILES string of the molecule is Cc1ccnc(NC(=O)/C=C/C2=Cc3cc(Cl)ccc3OC2)c1. The summed E-state index contributed by atoms with van der Waals surface area (Å²) < 4.78 is 5.64. The van der Waals surface area contributed by atoms with E-state index in [1.54, 1.807) is 18.3 Å². The largest absolute Gasteiger partial charge is 0.488 e. The van der Waals surface area contributed by atoms with Crippen molar-refractivity contribution in [2.75, 3.05) is 11.9 Å². The summed E-state index contributed by atoms with van der Waals surface area (Å²) in [5.74, 6) is 1.09. The fraction of sp³-hybridized carbons (Fsp3) is 0.111. The number of aromatic nitrogens is 1. The molecule has 0 radical (unpaired) electrons. The maximum absolute atomic E-state index is 11.9. The third-order valence-electron chi connectivity index (χ3n) is 3.32. The quantitative estimate of drug-likeness (QED) is 0.867. The second-order valence-electron chi connectivity index (χ2n) is 5.23. The Balaban J connectivity index is 1.69. The summed E-state index contributed by atoms with van der Waals surface area (Å²) in [7, 11) is 0. The van der Waals surface area contributed by atoms with Crippen molar-refractivity contribution >= 4 is 29.4 Å². The molecule has 1 aliphatic heterocycles. The van der Waals surface area contributed by atoms with Gasteiger partial charge in [-0.2, -0.15) is 0 Å². The summed E-state index contributed by atoms with van der Waals surface area (Å²) in [6, 6.07) is 9.15. The van der Waals surface area contributed by atoms with Gasteiger partial charge in [0.15, 0.2) is 0 Å². The van der Waals surface area contributed by atoms with Crippen LogP contribution >= 0.6 is 11.6 Å². The van der Waals surface area contributed by atoms with E-state index < -0.39 is 0 Å². The van der Waals surface area contributed by atoms with Gasteiger partial charge in [0.05, 0.1) is 0 Å². The highest BCUT2D eigenvalue weighted by atomic mass is 35.5. The Bertz CT molecular complexity index is 812. The van der Waals surface area contributed by atoms with Crippen molar-refractivity contribution in [1.82, 2.24) is 4.98 Å². The van der Waals surface area contributed by atoms with Crippen molar-refractivity contribution in [1.29, 1.82) is 0 Å². The lowest BCUT2D eigenvalue weighted by molar-refractivity contribution is -0.111. The topological polar surface area (TPSA) is 51.2 Å². The maximum Gasteiger partial charge on any atom is 0.249 e. The number of ether oxygens (including phenoxy) is 1. The van der Waals surface area contributed by atoms with E-state index in [1.165, 1.54) is 6.08 Å². The normalized spacial score (nSPS) is 13.2. The summed E-state index contributed by atoms with van der Waals surface area (Å²) in [5.41, 5.74) is 2.84. The Morgan fingerprint density at radius 2 is 2.22 bits per heavy atom. The highest BCUT2D eigenvalue weighted by Gasteiger charge is 2.10. The highest BCUT2D eigenvalue weighted by molar-refractivity contribution is 6.30. The van der Waals surface area contributed by atoms with Crippen LogP contribution in [-0.2, 0) is 4.79 Å². The number of hydrogen-bond donors (Lipinski definition) is 1. The molecule has 23 heavy (non-hydrogen) atoms. The number of aryl methyl sites for hydroxylation is 1. The molecule has 2 aromatic rings. The summed E-state index contributed by atoms with van der Waals surface area (Å²) >= 11 is 5.98. The molecular formula is C18H15ClN2O2. The van der Waals surface area contributed by atoms with E-state index in [0.717, 1.165) is 22.4 Å². The standard InChI is InChI=1S/C18H15ClN2O2/c1-12-6-7-20-17(8-12)21-18(22)5-2-13-9-14-10-15(19)3-4-16(14)23-11-13/h2-10H,11H2,1H3,(H,20,21,22)/b5-2+. The highest BCUT2D eigenvalue weighted by Crippen LogP contribution is 2.29. The first-order valence-corrected chi connectivity index (χ1v) is 7.52. The molecule has 0 unspecified atom stereocenters. The van der Waals surface area contributed by atoms with Crippen LogP contribution in [0.25, 0.3) is 6.08 Å². The van der Waals surface area contributed by atoms with Gasteiger partial charge < -0.3 is 10.1 Å². The number of nitrogens with one attached hydrogen (secondary N) is 1. The molecule has 0 bridgehead atoms. The van der Waals surface area contributed by atoms with Gasteiger partial charge in [0.2, 0.25) is 5.91 Å². The zero-order valence-corrected chi connectivity index (χ0v) is 13.3. The van der Waals surface area contributed by atoms with Gasteiger partial charge >= 0.3 is 0 Å². The number of benzene rings is 1. The van der Waals surface area contributed by atoms with Gasteiger partial charge in [0.25, 0.3) is 0 Å². The van der Waals surface area contributed by atoms with Crippen LogP contribution in [-0.4, -0.2) is 17.5 Å². The summed E-state index contributed by atoms with van der Waals surface area (Å²) in [6.07, 6.45) is 6.82. The van der Waals surface area contributed by atoms with Crippen molar-refractivity contribution in [3.8, 4) is 5.75 Å². The van der Waals surface area contributed by atoms with E-state index in [0.29, 0.717) is 17.4 Å². The summed E-state index contributed by atoms with van der Waals surface area (Å²) in [4.78, 5) is 16.0. The first-order valence-electron chi connectivity index (χ1n) is 7.15. The zero-order valence-electron chi connectivity index (χ0n) is 12.5.